The smallest absolute Gasteiger partial charge is 0.416 e. The van der Waals surface area contributed by atoms with Gasteiger partial charge in [0.05, 0.1) is 45.4 Å². The van der Waals surface area contributed by atoms with Crippen molar-refractivity contribution in [2.75, 3.05) is 147 Å². The number of benzene rings is 8. The Morgan fingerprint density at radius 1 is 0.515 bits per heavy atom. The lowest BCUT2D eigenvalue weighted by molar-refractivity contribution is -0.137. The van der Waals surface area contributed by atoms with Gasteiger partial charge >= 0.3 is 12.2 Å². The summed E-state index contributed by atoms with van der Waals surface area (Å²) in [5.41, 5.74) is 9.00. The number of ether oxygens (including phenoxy) is 3. The number of halogens is 4. The molecule has 0 radical (unpaired) electrons. The van der Waals surface area contributed by atoms with Crippen LogP contribution in [-0.2, 0) is 23.8 Å². The lowest BCUT2D eigenvalue weighted by Crippen LogP contribution is -2.53. The predicted octanol–water partition coefficient (Wildman–Crippen LogP) is 16.4. The second kappa shape index (κ2) is 38.9. The van der Waals surface area contributed by atoms with Crippen LogP contribution in [0.3, 0.4) is 0 Å². The molecule has 3 unspecified atom stereocenters. The van der Waals surface area contributed by atoms with E-state index in [2.05, 4.69) is 135 Å². The van der Waals surface area contributed by atoms with Crippen molar-refractivity contribution in [1.82, 2.24) is 30.2 Å². The van der Waals surface area contributed by atoms with Gasteiger partial charge in [0.25, 0.3) is 0 Å². The first-order valence-electron chi connectivity index (χ1n) is 36.6. The van der Waals surface area contributed by atoms with Gasteiger partial charge in [-0.3, -0.25) is 24.4 Å². The lowest BCUT2D eigenvalue weighted by Gasteiger charge is -2.43. The molecule has 1 saturated carbocycles. The Labute approximate surface area is 612 Å². The van der Waals surface area contributed by atoms with Crippen molar-refractivity contribution in [2.45, 2.75) is 94.6 Å². The minimum atomic E-state index is -4.31. The molecular formula is C84H110F4N10O5. The topological polar surface area (TPSA) is 121 Å². The van der Waals surface area contributed by atoms with Crippen LogP contribution in [-0.4, -0.2) is 165 Å². The number of amides is 3. The van der Waals surface area contributed by atoms with Crippen LogP contribution in [0.4, 0.5) is 45.1 Å². The molecule has 3 aliphatic heterocycles. The minimum absolute atomic E-state index is 0. The van der Waals surface area contributed by atoms with Crippen molar-refractivity contribution < 1.29 is 45.6 Å². The van der Waals surface area contributed by atoms with Crippen molar-refractivity contribution in [2.24, 2.45) is 0 Å². The molecular weight excluding hydrogens is 1300 g/mol. The highest BCUT2D eigenvalue weighted by atomic mass is 19.4. The quantitative estimate of drug-likeness (QED) is 0.0373. The molecule has 4 fully saturated rings. The number of aryl methyl sites for hydroxylation is 1. The Bertz CT molecular complexity index is 3830. The van der Waals surface area contributed by atoms with E-state index in [1.807, 2.05) is 86.9 Å². The van der Waals surface area contributed by atoms with Crippen LogP contribution >= 0.6 is 0 Å². The van der Waals surface area contributed by atoms with Crippen molar-refractivity contribution in [3.8, 4) is 17.2 Å². The van der Waals surface area contributed by atoms with Gasteiger partial charge in [-0.25, -0.2) is 9.18 Å². The zero-order valence-electron chi connectivity index (χ0n) is 60.6. The third-order valence-electron chi connectivity index (χ3n) is 20.5. The van der Waals surface area contributed by atoms with Gasteiger partial charge in [-0.15, -0.1) is 0 Å². The summed E-state index contributed by atoms with van der Waals surface area (Å²) < 4.78 is 69.3. The summed E-state index contributed by atoms with van der Waals surface area (Å²) in [7, 11) is 9.09. The number of carbonyl (C=O) groups is 2. The maximum absolute atomic E-state index is 13.1. The molecule has 554 valence electrons. The fourth-order valence-electron chi connectivity index (χ4n) is 14.8. The number of unbranched alkanes of at least 4 members (excludes halogenated alkanes) is 1. The number of para-hydroxylation sites is 5. The zero-order chi connectivity index (χ0) is 72.3. The first kappa shape index (κ1) is 76.5. The molecule has 12 rings (SSSR count). The van der Waals surface area contributed by atoms with Gasteiger partial charge in [0, 0.05) is 162 Å². The number of nitrogens with one attached hydrogen (secondary N) is 3. The first-order valence-corrected chi connectivity index (χ1v) is 36.6. The average Bonchev–Trinajstić information content (AvgIpc) is 0.820. The number of nitrogens with zero attached hydrogens (tertiary/aromatic N) is 7. The fourth-order valence-corrected chi connectivity index (χ4v) is 14.8. The van der Waals surface area contributed by atoms with Crippen LogP contribution in [0.25, 0.3) is 0 Å². The normalized spacial score (nSPS) is 16.5. The maximum Gasteiger partial charge on any atom is 0.416 e. The SMILES string of the molecule is CN(C)c1ccc(CCCCC(c2ccc(C(F)(F)F)cc2)N2CCN(c3ccccc3)CC2)cc1.COc1ccccc1C(CNC(=O)Nc1ccc(F)cc1)N1CCN(C2CCCCC2)CC1.COc1ccccc1CC(=O)NCC(c1ccccc1OC)N1CCN(c2ccccc2)CC1.[HH].[HH].[HH]. The molecule has 3 heterocycles. The van der Waals surface area contributed by atoms with E-state index in [4.69, 9.17) is 14.2 Å². The molecule has 8 aromatic rings. The van der Waals surface area contributed by atoms with Crippen LogP contribution in [0.1, 0.15) is 107 Å². The van der Waals surface area contributed by atoms with Crippen molar-refractivity contribution >= 4 is 34.7 Å². The van der Waals surface area contributed by atoms with Gasteiger partial charge in [-0.2, -0.15) is 13.2 Å². The van der Waals surface area contributed by atoms with E-state index in [1.165, 1.54) is 79.0 Å². The monoisotopic (exact) mass is 1410 g/mol. The van der Waals surface area contributed by atoms with E-state index in [0.717, 1.165) is 150 Å². The molecule has 3 N–H and O–H groups in total. The molecule has 3 amide bonds. The Hall–Kier alpha value is -9.14. The van der Waals surface area contributed by atoms with E-state index in [1.54, 1.807) is 45.6 Å². The summed E-state index contributed by atoms with van der Waals surface area (Å²) in [6, 6.07) is 65.5. The number of piperazine rings is 3. The van der Waals surface area contributed by atoms with E-state index in [9.17, 15) is 27.2 Å². The molecule has 3 saturated heterocycles. The van der Waals surface area contributed by atoms with Gasteiger partial charge in [-0.1, -0.05) is 141 Å². The molecule has 103 heavy (non-hydrogen) atoms. The Balaban J connectivity index is 0.000000219. The summed E-state index contributed by atoms with van der Waals surface area (Å²) in [6.45, 7) is 12.3. The van der Waals surface area contributed by atoms with E-state index in [-0.39, 0.29) is 46.6 Å². The van der Waals surface area contributed by atoms with Crippen LogP contribution in [0, 0.1) is 5.82 Å². The molecule has 19 heteroatoms. The second-order valence-corrected chi connectivity index (χ2v) is 27.2. The highest BCUT2D eigenvalue weighted by molar-refractivity contribution is 5.89. The number of hydrogen-bond donors (Lipinski definition) is 3. The van der Waals surface area contributed by atoms with Gasteiger partial charge in [0.1, 0.15) is 23.1 Å². The molecule has 8 aromatic carbocycles. The zero-order valence-corrected chi connectivity index (χ0v) is 60.6. The van der Waals surface area contributed by atoms with Crippen LogP contribution < -0.4 is 44.9 Å². The van der Waals surface area contributed by atoms with E-state index >= 15 is 0 Å². The molecule has 0 bridgehead atoms. The molecule has 4 aliphatic rings. The fraction of sp³-hybridized carbons (Fsp3) is 0.405. The highest BCUT2D eigenvalue weighted by Gasteiger charge is 2.34. The van der Waals surface area contributed by atoms with Gasteiger partial charge in [0.15, 0.2) is 0 Å². The minimum Gasteiger partial charge on any atom is -0.496 e. The number of alkyl halides is 3. The summed E-state index contributed by atoms with van der Waals surface area (Å²) in [5, 5.41) is 8.96. The predicted molar refractivity (Wildman–Crippen MR) is 414 cm³/mol. The number of rotatable bonds is 25. The molecule has 0 spiro atoms. The number of methoxy groups -OCH3 is 3. The Kier molecular flexibility index (Phi) is 28.9. The number of anilines is 4. The van der Waals surface area contributed by atoms with Crippen molar-refractivity contribution in [3.05, 3.63) is 245 Å². The van der Waals surface area contributed by atoms with Crippen LogP contribution in [0.15, 0.2) is 206 Å². The van der Waals surface area contributed by atoms with Gasteiger partial charge in [-0.05, 0) is 134 Å². The summed E-state index contributed by atoms with van der Waals surface area (Å²) >= 11 is 0. The maximum atomic E-state index is 13.1. The summed E-state index contributed by atoms with van der Waals surface area (Å²) in [5.74, 6) is 2.06. The van der Waals surface area contributed by atoms with Crippen molar-refractivity contribution in [1.29, 1.82) is 0 Å². The van der Waals surface area contributed by atoms with Gasteiger partial charge < -0.3 is 44.9 Å². The number of urea groups is 1. The van der Waals surface area contributed by atoms with Crippen LogP contribution in [0.2, 0.25) is 0 Å². The second-order valence-electron chi connectivity index (χ2n) is 27.2. The summed E-state index contributed by atoms with van der Waals surface area (Å²) in [6.07, 6.45) is 6.72. The summed E-state index contributed by atoms with van der Waals surface area (Å²) in [4.78, 5) is 42.3. The third-order valence-corrected chi connectivity index (χ3v) is 20.5. The van der Waals surface area contributed by atoms with E-state index < -0.39 is 11.7 Å². The van der Waals surface area contributed by atoms with E-state index in [0.29, 0.717) is 18.8 Å². The van der Waals surface area contributed by atoms with Gasteiger partial charge in [0.2, 0.25) is 5.91 Å². The van der Waals surface area contributed by atoms with Crippen molar-refractivity contribution in [3.63, 3.8) is 0 Å². The largest absolute Gasteiger partial charge is 0.496 e. The van der Waals surface area contributed by atoms with Crippen LogP contribution in [0.5, 0.6) is 17.2 Å². The molecule has 15 nitrogen and oxygen atoms in total. The number of hydrogen-bond acceptors (Lipinski definition) is 12. The average molecular weight is 1420 g/mol. The first-order chi connectivity index (χ1) is 50.1. The molecule has 1 aliphatic carbocycles. The third kappa shape index (κ3) is 22.4. The Morgan fingerprint density at radius 2 is 0.990 bits per heavy atom. The standard InChI is InChI=1S/C30H36F3N3.C28H33N3O3.C26H35FN4O2.3H2/c1-34(2)27-18-12-24(13-19-27)8-6-7-11-29(25-14-16-26(17-15-25)30(31,32)33)36-22-20-35(21-23-36)28-9-4-3-5-10-28;1-33-26-14-8-6-10-22(26)20-28(32)29-21-25(24-13-7-9-15-27(24)34-2)31-18-16-30(17-19-31)23-11-4-3-5-12-23;1-33-25-10-6-5-9-23(25)24(19-28-26(32)29-21-13-11-20(27)12-14-21)31-17-15-30(16-18-31)22-7-3-2-4-8-22;;;/h3-5,9-10,12-19,29H,6-8,11,20-23H2,1-2H3;3-15,25H,16-21H2,1-2H3,(H,29,32);5-6,9-14,22,24H,2-4,7-8,15-19H2,1H3,(H2,28,29,32);3*1H. The number of carbonyl (C=O) groups excluding carboxylic acids is 2. The highest BCUT2D eigenvalue weighted by Crippen LogP contribution is 2.36. The molecule has 3 atom stereocenters. The lowest BCUT2D eigenvalue weighted by atomic mass is 9.93. The molecule has 0 aromatic heterocycles. The Morgan fingerprint density at radius 3 is 1.50 bits per heavy atom.